The minimum atomic E-state index is -0.323. The van der Waals surface area contributed by atoms with Crippen molar-refractivity contribution in [1.82, 2.24) is 10.1 Å². The van der Waals surface area contributed by atoms with Crippen LogP contribution in [0.1, 0.15) is 26.5 Å². The van der Waals surface area contributed by atoms with Gasteiger partial charge in [-0.1, -0.05) is 41.0 Å². The second-order valence-corrected chi connectivity index (χ2v) is 5.87. The first-order valence-corrected chi connectivity index (χ1v) is 7.68. The lowest BCUT2D eigenvalue weighted by atomic mass is 10.1. The number of carbonyl (C=O) groups is 2. The van der Waals surface area contributed by atoms with Crippen LogP contribution in [0.4, 0.5) is 0 Å². The van der Waals surface area contributed by atoms with Crippen molar-refractivity contribution >= 4 is 23.4 Å². The first-order valence-electron chi connectivity index (χ1n) is 7.30. The van der Waals surface area contributed by atoms with Gasteiger partial charge in [0.25, 0.3) is 11.8 Å². The van der Waals surface area contributed by atoms with Crippen LogP contribution in [0.5, 0.6) is 0 Å². The summed E-state index contributed by atoms with van der Waals surface area (Å²) < 4.78 is 5.28. The molecule has 3 aromatic rings. The van der Waals surface area contributed by atoms with Gasteiger partial charge in [-0.3, -0.25) is 14.5 Å². The Morgan fingerprint density at radius 2 is 1.67 bits per heavy atom. The highest BCUT2D eigenvalue weighted by Gasteiger charge is 2.35. The van der Waals surface area contributed by atoms with Crippen molar-refractivity contribution in [3.63, 3.8) is 0 Å². The van der Waals surface area contributed by atoms with Crippen molar-refractivity contribution < 1.29 is 14.1 Å². The maximum absolute atomic E-state index is 12.4. The van der Waals surface area contributed by atoms with Gasteiger partial charge >= 0.3 is 0 Å². The van der Waals surface area contributed by atoms with Crippen molar-refractivity contribution in [2.75, 3.05) is 0 Å². The molecule has 2 aromatic carbocycles. The van der Waals surface area contributed by atoms with Crippen LogP contribution in [-0.2, 0) is 6.54 Å². The Morgan fingerprint density at radius 3 is 2.33 bits per heavy atom. The largest absolute Gasteiger partial charge is 0.359 e. The second-order valence-electron chi connectivity index (χ2n) is 5.43. The van der Waals surface area contributed by atoms with E-state index in [-0.39, 0.29) is 18.4 Å². The number of halogens is 1. The molecule has 2 heterocycles. The van der Waals surface area contributed by atoms with Crippen molar-refractivity contribution in [2.45, 2.75) is 6.54 Å². The second kappa shape index (κ2) is 5.62. The number of hydrogen-bond donors (Lipinski definition) is 0. The third kappa shape index (κ3) is 2.39. The predicted octanol–water partition coefficient (Wildman–Crippen LogP) is 3.79. The molecular formula is C18H11ClN2O3. The zero-order valence-electron chi connectivity index (χ0n) is 12.4. The number of imide groups is 1. The number of rotatable bonds is 3. The summed E-state index contributed by atoms with van der Waals surface area (Å²) in [7, 11) is 0. The predicted molar refractivity (Wildman–Crippen MR) is 87.6 cm³/mol. The normalized spacial score (nSPS) is 13.5. The van der Waals surface area contributed by atoms with Gasteiger partial charge in [-0.05, 0) is 24.3 Å². The van der Waals surface area contributed by atoms with Crippen LogP contribution in [0, 0.1) is 0 Å². The molecular weight excluding hydrogens is 328 g/mol. The highest BCUT2D eigenvalue weighted by atomic mass is 35.5. The van der Waals surface area contributed by atoms with E-state index in [2.05, 4.69) is 5.16 Å². The molecule has 0 unspecified atom stereocenters. The lowest BCUT2D eigenvalue weighted by Gasteiger charge is -2.10. The van der Waals surface area contributed by atoms with Gasteiger partial charge in [0, 0.05) is 16.7 Å². The Morgan fingerprint density at radius 1 is 0.958 bits per heavy atom. The fraction of sp³-hybridized carbons (Fsp3) is 0.0556. The molecule has 0 N–H and O–H groups in total. The van der Waals surface area contributed by atoms with Crippen LogP contribution in [-0.4, -0.2) is 21.9 Å². The van der Waals surface area contributed by atoms with Gasteiger partial charge in [0.15, 0.2) is 5.76 Å². The average Bonchev–Trinajstić information content (AvgIpc) is 3.15. The summed E-state index contributed by atoms with van der Waals surface area (Å²) in [6.07, 6.45) is 0. The Hall–Kier alpha value is -2.92. The molecule has 1 aliphatic heterocycles. The minimum absolute atomic E-state index is 0.0416. The zero-order valence-corrected chi connectivity index (χ0v) is 13.2. The Labute approximate surface area is 142 Å². The van der Waals surface area contributed by atoms with Crippen LogP contribution < -0.4 is 0 Å². The van der Waals surface area contributed by atoms with Crippen LogP contribution in [0.25, 0.3) is 11.3 Å². The van der Waals surface area contributed by atoms with Gasteiger partial charge < -0.3 is 4.52 Å². The molecule has 4 rings (SSSR count). The highest BCUT2D eigenvalue weighted by molar-refractivity contribution is 6.30. The number of fused-ring (bicyclic) bond motifs is 1. The fourth-order valence-corrected chi connectivity index (χ4v) is 2.90. The molecule has 0 saturated carbocycles. The molecule has 1 aliphatic rings. The molecule has 1 aromatic heterocycles. The fourth-order valence-electron chi connectivity index (χ4n) is 2.71. The molecule has 0 fully saturated rings. The van der Waals surface area contributed by atoms with Crippen LogP contribution in [0.2, 0.25) is 5.02 Å². The summed E-state index contributed by atoms with van der Waals surface area (Å²) in [4.78, 5) is 25.9. The van der Waals surface area contributed by atoms with Gasteiger partial charge in [-0.2, -0.15) is 0 Å². The molecule has 6 heteroatoms. The molecule has 0 radical (unpaired) electrons. The van der Waals surface area contributed by atoms with Gasteiger partial charge in [0.2, 0.25) is 0 Å². The number of nitrogens with zero attached hydrogens (tertiary/aromatic N) is 2. The third-order valence-corrected chi connectivity index (χ3v) is 4.11. The number of hydrogen-bond acceptors (Lipinski definition) is 4. The molecule has 0 bridgehead atoms. The molecule has 0 atom stereocenters. The maximum atomic E-state index is 12.4. The van der Waals surface area contributed by atoms with Crippen LogP contribution >= 0.6 is 11.6 Å². The van der Waals surface area contributed by atoms with E-state index in [1.807, 2.05) is 12.1 Å². The van der Waals surface area contributed by atoms with E-state index in [0.29, 0.717) is 27.6 Å². The molecule has 0 aliphatic carbocycles. The molecule has 118 valence electrons. The molecule has 2 amide bonds. The first kappa shape index (κ1) is 14.7. The topological polar surface area (TPSA) is 63.4 Å². The number of benzene rings is 2. The molecule has 5 nitrogen and oxygen atoms in total. The highest BCUT2D eigenvalue weighted by Crippen LogP contribution is 2.26. The molecule has 24 heavy (non-hydrogen) atoms. The van der Waals surface area contributed by atoms with Gasteiger partial charge in [0.1, 0.15) is 5.69 Å². The van der Waals surface area contributed by atoms with E-state index in [4.69, 9.17) is 16.1 Å². The summed E-state index contributed by atoms with van der Waals surface area (Å²) in [6, 6.07) is 15.7. The summed E-state index contributed by atoms with van der Waals surface area (Å²) in [5.41, 5.74) is 2.23. The van der Waals surface area contributed by atoms with E-state index >= 15 is 0 Å². The van der Waals surface area contributed by atoms with Gasteiger partial charge in [0.05, 0.1) is 17.7 Å². The van der Waals surface area contributed by atoms with Gasteiger partial charge in [-0.15, -0.1) is 0 Å². The molecule has 0 spiro atoms. The lowest BCUT2D eigenvalue weighted by molar-refractivity contribution is 0.0628. The average molecular weight is 339 g/mol. The van der Waals surface area contributed by atoms with Crippen molar-refractivity contribution in [2.24, 2.45) is 0 Å². The van der Waals surface area contributed by atoms with Gasteiger partial charge in [-0.25, -0.2) is 0 Å². The number of carbonyl (C=O) groups excluding carboxylic acids is 2. The lowest BCUT2D eigenvalue weighted by Crippen LogP contribution is -2.28. The van der Waals surface area contributed by atoms with Crippen molar-refractivity contribution in [3.05, 3.63) is 76.5 Å². The van der Waals surface area contributed by atoms with Crippen molar-refractivity contribution in [3.8, 4) is 11.3 Å². The maximum Gasteiger partial charge on any atom is 0.261 e. The Bertz CT molecular complexity index is 929. The smallest absolute Gasteiger partial charge is 0.261 e. The summed E-state index contributed by atoms with van der Waals surface area (Å²) in [6.45, 7) is 0.0416. The monoisotopic (exact) mass is 338 g/mol. The SMILES string of the molecule is O=C1c2ccccc2C(=O)N1Cc1cc(-c2cccc(Cl)c2)no1. The Balaban J connectivity index is 1.59. The third-order valence-electron chi connectivity index (χ3n) is 3.87. The van der Waals surface area contributed by atoms with E-state index in [1.54, 1.807) is 42.5 Å². The first-order chi connectivity index (χ1) is 11.6. The van der Waals surface area contributed by atoms with E-state index < -0.39 is 0 Å². The van der Waals surface area contributed by atoms with E-state index in [9.17, 15) is 9.59 Å². The standard InChI is InChI=1S/C18H11ClN2O3/c19-12-5-3-4-11(8-12)16-9-13(24-20-16)10-21-17(22)14-6-1-2-7-15(14)18(21)23/h1-9H,10H2. The number of amides is 2. The number of aromatic nitrogens is 1. The zero-order chi connectivity index (χ0) is 16.7. The quantitative estimate of drug-likeness (QED) is 0.681. The van der Waals surface area contributed by atoms with Crippen LogP contribution in [0.3, 0.4) is 0 Å². The van der Waals surface area contributed by atoms with E-state index in [1.165, 1.54) is 0 Å². The minimum Gasteiger partial charge on any atom is -0.359 e. The summed E-state index contributed by atoms with van der Waals surface area (Å²) in [5.74, 6) is -0.216. The van der Waals surface area contributed by atoms with Crippen LogP contribution in [0.15, 0.2) is 59.1 Å². The summed E-state index contributed by atoms with van der Waals surface area (Å²) in [5, 5.41) is 4.58. The van der Waals surface area contributed by atoms with Crippen molar-refractivity contribution in [1.29, 1.82) is 0 Å². The van der Waals surface area contributed by atoms with E-state index in [0.717, 1.165) is 10.5 Å². The Kier molecular flexibility index (Phi) is 3.43. The molecule has 0 saturated heterocycles. The summed E-state index contributed by atoms with van der Waals surface area (Å²) >= 11 is 5.97.